The highest BCUT2D eigenvalue weighted by Crippen LogP contribution is 2.23. The summed E-state index contributed by atoms with van der Waals surface area (Å²) in [5, 5.41) is 3.02. The predicted octanol–water partition coefficient (Wildman–Crippen LogP) is 2.52. The maximum absolute atomic E-state index is 11.8. The summed E-state index contributed by atoms with van der Waals surface area (Å²) in [5.41, 5.74) is 8.30. The van der Waals surface area contributed by atoms with Crippen molar-refractivity contribution in [3.05, 3.63) is 35.4 Å². The summed E-state index contributed by atoms with van der Waals surface area (Å²) in [5.74, 6) is 0.786. The van der Waals surface area contributed by atoms with Crippen LogP contribution in [0.2, 0.25) is 0 Å². The molecule has 0 saturated heterocycles. The standard InChI is InChI=1S/C16H24N2O/c1-11(2)12-3-5-13(6-4-12)14(10-17)9-16(19)18-15-7-8-15/h3-6,11,14-15H,7-10,17H2,1-2H3,(H,18,19). The van der Waals surface area contributed by atoms with E-state index in [0.29, 0.717) is 24.9 Å². The van der Waals surface area contributed by atoms with Crippen molar-refractivity contribution in [2.24, 2.45) is 5.73 Å². The van der Waals surface area contributed by atoms with Crippen LogP contribution in [0.25, 0.3) is 0 Å². The number of hydrogen-bond acceptors (Lipinski definition) is 2. The van der Waals surface area contributed by atoms with Gasteiger partial charge in [0.25, 0.3) is 0 Å². The van der Waals surface area contributed by atoms with Gasteiger partial charge < -0.3 is 11.1 Å². The monoisotopic (exact) mass is 260 g/mol. The number of nitrogens with two attached hydrogens (primary N) is 1. The molecule has 2 rings (SSSR count). The van der Waals surface area contributed by atoms with Gasteiger partial charge in [0, 0.05) is 18.4 Å². The van der Waals surface area contributed by atoms with E-state index in [1.807, 2.05) is 0 Å². The number of amides is 1. The summed E-state index contributed by atoms with van der Waals surface area (Å²) in [6, 6.07) is 8.92. The zero-order chi connectivity index (χ0) is 13.8. The normalized spacial score (nSPS) is 16.4. The van der Waals surface area contributed by atoms with Crippen LogP contribution in [0.15, 0.2) is 24.3 Å². The van der Waals surface area contributed by atoms with Gasteiger partial charge in [-0.25, -0.2) is 0 Å². The molecule has 1 saturated carbocycles. The minimum Gasteiger partial charge on any atom is -0.353 e. The van der Waals surface area contributed by atoms with Gasteiger partial charge in [0.2, 0.25) is 5.91 Å². The molecule has 1 atom stereocenters. The van der Waals surface area contributed by atoms with Crippen LogP contribution in [-0.2, 0) is 4.79 Å². The fraction of sp³-hybridized carbons (Fsp3) is 0.562. The molecule has 0 radical (unpaired) electrons. The fourth-order valence-electron chi connectivity index (χ4n) is 2.23. The van der Waals surface area contributed by atoms with E-state index >= 15 is 0 Å². The van der Waals surface area contributed by atoms with E-state index in [9.17, 15) is 4.79 Å². The average molecular weight is 260 g/mol. The maximum atomic E-state index is 11.8. The molecule has 0 bridgehead atoms. The Labute approximate surface area is 115 Å². The Bertz CT molecular complexity index is 421. The van der Waals surface area contributed by atoms with E-state index in [-0.39, 0.29) is 11.8 Å². The van der Waals surface area contributed by atoms with Gasteiger partial charge in [0.15, 0.2) is 0 Å². The summed E-state index contributed by atoms with van der Waals surface area (Å²) in [4.78, 5) is 11.8. The zero-order valence-corrected chi connectivity index (χ0v) is 11.9. The van der Waals surface area contributed by atoms with Crippen LogP contribution in [0.1, 0.15) is 56.1 Å². The summed E-state index contributed by atoms with van der Waals surface area (Å²) in [6.07, 6.45) is 2.75. The van der Waals surface area contributed by atoms with Gasteiger partial charge in [-0.3, -0.25) is 4.79 Å². The molecule has 104 valence electrons. The summed E-state index contributed by atoms with van der Waals surface area (Å²) >= 11 is 0. The Balaban J connectivity index is 1.97. The Kier molecular flexibility index (Phi) is 4.59. The molecular weight excluding hydrogens is 236 g/mol. The summed E-state index contributed by atoms with van der Waals surface area (Å²) < 4.78 is 0. The van der Waals surface area contributed by atoms with Gasteiger partial charge in [-0.15, -0.1) is 0 Å². The molecule has 1 unspecified atom stereocenters. The third-order valence-corrected chi connectivity index (χ3v) is 3.73. The molecule has 3 heteroatoms. The third-order valence-electron chi connectivity index (χ3n) is 3.73. The van der Waals surface area contributed by atoms with Crippen molar-refractivity contribution in [1.82, 2.24) is 5.32 Å². The first kappa shape index (κ1) is 14.1. The fourth-order valence-corrected chi connectivity index (χ4v) is 2.23. The van der Waals surface area contributed by atoms with Crippen molar-refractivity contribution in [1.29, 1.82) is 0 Å². The van der Waals surface area contributed by atoms with Gasteiger partial charge in [0.1, 0.15) is 0 Å². The average Bonchev–Trinajstić information content (AvgIpc) is 3.20. The Morgan fingerprint density at radius 1 is 1.26 bits per heavy atom. The number of hydrogen-bond donors (Lipinski definition) is 2. The molecule has 1 aromatic carbocycles. The van der Waals surface area contributed by atoms with Gasteiger partial charge in [-0.1, -0.05) is 38.1 Å². The second-order valence-electron chi connectivity index (χ2n) is 5.80. The molecule has 19 heavy (non-hydrogen) atoms. The highest BCUT2D eigenvalue weighted by Gasteiger charge is 2.24. The Hall–Kier alpha value is -1.35. The first-order valence-corrected chi connectivity index (χ1v) is 7.19. The Morgan fingerprint density at radius 2 is 1.84 bits per heavy atom. The maximum Gasteiger partial charge on any atom is 0.220 e. The van der Waals surface area contributed by atoms with Gasteiger partial charge in [-0.05, 0) is 36.4 Å². The molecule has 1 aliphatic rings. The van der Waals surface area contributed by atoms with E-state index < -0.39 is 0 Å². The number of nitrogens with one attached hydrogen (secondary N) is 1. The van der Waals surface area contributed by atoms with E-state index in [1.54, 1.807) is 0 Å². The van der Waals surface area contributed by atoms with Gasteiger partial charge >= 0.3 is 0 Å². The van der Waals surface area contributed by atoms with Crippen LogP contribution in [0.3, 0.4) is 0 Å². The van der Waals surface area contributed by atoms with Gasteiger partial charge in [0.05, 0.1) is 0 Å². The van der Waals surface area contributed by atoms with Crippen LogP contribution in [0, 0.1) is 0 Å². The topological polar surface area (TPSA) is 55.1 Å². The Morgan fingerprint density at radius 3 is 2.32 bits per heavy atom. The molecule has 3 nitrogen and oxygen atoms in total. The highest BCUT2D eigenvalue weighted by molar-refractivity contribution is 5.77. The van der Waals surface area contributed by atoms with E-state index in [4.69, 9.17) is 5.73 Å². The molecular formula is C16H24N2O. The van der Waals surface area contributed by atoms with Crippen molar-refractivity contribution in [2.75, 3.05) is 6.54 Å². The predicted molar refractivity (Wildman–Crippen MR) is 78.1 cm³/mol. The number of carbonyl (C=O) groups is 1. The molecule has 0 heterocycles. The van der Waals surface area contributed by atoms with Crippen LogP contribution in [-0.4, -0.2) is 18.5 Å². The van der Waals surface area contributed by atoms with Crippen molar-refractivity contribution >= 4 is 5.91 Å². The van der Waals surface area contributed by atoms with Gasteiger partial charge in [-0.2, -0.15) is 0 Å². The van der Waals surface area contributed by atoms with Crippen LogP contribution >= 0.6 is 0 Å². The lowest BCUT2D eigenvalue weighted by molar-refractivity contribution is -0.121. The first-order chi connectivity index (χ1) is 9.10. The van der Waals surface area contributed by atoms with Crippen molar-refractivity contribution < 1.29 is 4.79 Å². The van der Waals surface area contributed by atoms with Crippen LogP contribution in [0.4, 0.5) is 0 Å². The summed E-state index contributed by atoms with van der Waals surface area (Å²) in [6.45, 7) is 4.87. The number of carbonyl (C=O) groups excluding carboxylic acids is 1. The molecule has 0 aliphatic heterocycles. The second-order valence-corrected chi connectivity index (χ2v) is 5.80. The van der Waals surface area contributed by atoms with Crippen molar-refractivity contribution in [2.45, 2.75) is 51.0 Å². The second kappa shape index (κ2) is 6.20. The smallest absolute Gasteiger partial charge is 0.220 e. The van der Waals surface area contributed by atoms with Crippen molar-refractivity contribution in [3.8, 4) is 0 Å². The summed E-state index contributed by atoms with van der Waals surface area (Å²) in [7, 11) is 0. The SMILES string of the molecule is CC(C)c1ccc(C(CN)CC(=O)NC2CC2)cc1. The minimum atomic E-state index is 0.125. The third kappa shape index (κ3) is 4.06. The number of rotatable bonds is 6. The lowest BCUT2D eigenvalue weighted by Crippen LogP contribution is -2.28. The quantitative estimate of drug-likeness (QED) is 0.825. The molecule has 1 fully saturated rings. The lowest BCUT2D eigenvalue weighted by Gasteiger charge is -2.16. The van der Waals surface area contributed by atoms with Crippen LogP contribution < -0.4 is 11.1 Å². The molecule has 0 spiro atoms. The highest BCUT2D eigenvalue weighted by atomic mass is 16.1. The van der Waals surface area contributed by atoms with E-state index in [2.05, 4.69) is 43.4 Å². The van der Waals surface area contributed by atoms with Crippen LogP contribution in [0.5, 0.6) is 0 Å². The molecule has 1 aromatic rings. The largest absolute Gasteiger partial charge is 0.353 e. The number of benzene rings is 1. The first-order valence-electron chi connectivity index (χ1n) is 7.19. The molecule has 0 aromatic heterocycles. The molecule has 3 N–H and O–H groups in total. The van der Waals surface area contributed by atoms with E-state index in [0.717, 1.165) is 18.4 Å². The minimum absolute atomic E-state index is 0.125. The van der Waals surface area contributed by atoms with Crippen molar-refractivity contribution in [3.63, 3.8) is 0 Å². The van der Waals surface area contributed by atoms with E-state index in [1.165, 1.54) is 5.56 Å². The lowest BCUT2D eigenvalue weighted by atomic mass is 9.93. The zero-order valence-electron chi connectivity index (χ0n) is 11.9. The molecule has 1 amide bonds. The molecule has 1 aliphatic carbocycles.